The molecular weight excluding hydrogens is 425 g/mol. The number of carbonyl (C=O) groups excluding carboxylic acids is 2. The minimum absolute atomic E-state index is 0.0381. The summed E-state index contributed by atoms with van der Waals surface area (Å²) in [5, 5.41) is 6.60. The number of hydrogen-bond acceptors (Lipinski definition) is 4. The Bertz CT molecular complexity index is 1130. The van der Waals surface area contributed by atoms with E-state index < -0.39 is 23.6 Å². The summed E-state index contributed by atoms with van der Waals surface area (Å²) in [6.45, 7) is 0.118. The predicted molar refractivity (Wildman–Crippen MR) is 111 cm³/mol. The van der Waals surface area contributed by atoms with Crippen molar-refractivity contribution in [1.82, 2.24) is 9.78 Å². The third-order valence-corrected chi connectivity index (χ3v) is 5.21. The minimum Gasteiger partial charge on any atom is -0.497 e. The Morgan fingerprint density at radius 2 is 1.94 bits per heavy atom. The average Bonchev–Trinajstić information content (AvgIpc) is 3.43. The first kappa shape index (κ1) is 21.4. The molecule has 2 aromatic carbocycles. The maximum atomic E-state index is 13.2. The van der Waals surface area contributed by atoms with Crippen LogP contribution >= 0.6 is 0 Å². The van der Waals surface area contributed by atoms with Gasteiger partial charge in [0, 0.05) is 31.0 Å². The van der Waals surface area contributed by atoms with Gasteiger partial charge in [-0.1, -0.05) is 0 Å². The van der Waals surface area contributed by atoms with Gasteiger partial charge in [0.1, 0.15) is 5.75 Å². The normalized spacial score (nSPS) is 16.3. The van der Waals surface area contributed by atoms with Crippen LogP contribution in [0.5, 0.6) is 5.75 Å². The number of methoxy groups -OCH3 is 1. The van der Waals surface area contributed by atoms with Gasteiger partial charge >= 0.3 is 6.18 Å². The Kier molecular flexibility index (Phi) is 5.60. The molecule has 7 nitrogen and oxygen atoms in total. The number of ether oxygens (including phenoxy) is 1. The maximum Gasteiger partial charge on any atom is 0.416 e. The smallest absolute Gasteiger partial charge is 0.416 e. The van der Waals surface area contributed by atoms with Crippen molar-refractivity contribution in [2.75, 3.05) is 23.9 Å². The summed E-state index contributed by atoms with van der Waals surface area (Å²) < 4.78 is 46.2. The molecule has 10 heteroatoms. The lowest BCUT2D eigenvalue weighted by atomic mass is 10.1. The molecule has 1 fully saturated rings. The Morgan fingerprint density at radius 1 is 1.19 bits per heavy atom. The van der Waals surface area contributed by atoms with Gasteiger partial charge < -0.3 is 15.0 Å². The SMILES string of the molecule is COc1ccc(N2CC(C(=O)Nc3cc(C(F)(F)F)ccc3-n3cccn3)CC2=O)cc1. The van der Waals surface area contributed by atoms with E-state index >= 15 is 0 Å². The van der Waals surface area contributed by atoms with Crippen molar-refractivity contribution >= 4 is 23.2 Å². The minimum atomic E-state index is -4.57. The summed E-state index contributed by atoms with van der Waals surface area (Å²) in [5.74, 6) is -0.872. The van der Waals surface area contributed by atoms with Crippen LogP contribution in [0.3, 0.4) is 0 Å². The standard InChI is InChI=1S/C22H19F3N4O3/c1-32-17-6-4-16(5-7-17)28-13-14(11-20(28)30)21(31)27-18-12-15(22(23,24)25)3-8-19(18)29-10-2-9-26-29/h2-10,12,14H,11,13H2,1H3,(H,27,31). The van der Waals surface area contributed by atoms with Gasteiger partial charge in [0.25, 0.3) is 0 Å². The van der Waals surface area contributed by atoms with Crippen LogP contribution in [0.4, 0.5) is 24.5 Å². The molecule has 2 heterocycles. The Hall–Kier alpha value is -3.82. The molecule has 166 valence electrons. The molecule has 1 saturated heterocycles. The van der Waals surface area contributed by atoms with E-state index in [4.69, 9.17) is 4.74 Å². The second-order valence-corrected chi connectivity index (χ2v) is 7.27. The van der Waals surface area contributed by atoms with Crippen molar-refractivity contribution in [1.29, 1.82) is 0 Å². The van der Waals surface area contributed by atoms with Crippen LogP contribution in [0.15, 0.2) is 60.9 Å². The second kappa shape index (κ2) is 8.37. The molecule has 1 unspecified atom stereocenters. The van der Waals surface area contributed by atoms with E-state index in [0.29, 0.717) is 11.4 Å². The fourth-order valence-electron chi connectivity index (χ4n) is 3.55. The maximum absolute atomic E-state index is 13.2. The zero-order valence-electron chi connectivity index (χ0n) is 17.0. The highest BCUT2D eigenvalue weighted by molar-refractivity contribution is 6.04. The van der Waals surface area contributed by atoms with Gasteiger partial charge in [-0.15, -0.1) is 0 Å². The number of aromatic nitrogens is 2. The van der Waals surface area contributed by atoms with E-state index in [2.05, 4.69) is 10.4 Å². The number of benzene rings is 2. The lowest BCUT2D eigenvalue weighted by Crippen LogP contribution is -2.28. The average molecular weight is 444 g/mol. The number of halogens is 3. The van der Waals surface area contributed by atoms with Crippen LogP contribution in [0.25, 0.3) is 5.69 Å². The quantitative estimate of drug-likeness (QED) is 0.648. The summed E-state index contributed by atoms with van der Waals surface area (Å²) in [5.41, 5.74) is -0.0370. The number of amides is 2. The highest BCUT2D eigenvalue weighted by atomic mass is 19.4. The third kappa shape index (κ3) is 4.29. The Balaban J connectivity index is 1.56. The zero-order valence-corrected chi connectivity index (χ0v) is 17.0. The molecule has 1 atom stereocenters. The molecule has 4 rings (SSSR count). The van der Waals surface area contributed by atoms with Gasteiger partial charge in [0.15, 0.2) is 0 Å². The molecule has 32 heavy (non-hydrogen) atoms. The van der Waals surface area contributed by atoms with Gasteiger partial charge in [-0.3, -0.25) is 9.59 Å². The van der Waals surface area contributed by atoms with E-state index in [1.807, 2.05) is 0 Å². The number of hydrogen-bond donors (Lipinski definition) is 1. The first-order valence-electron chi connectivity index (χ1n) is 9.73. The number of nitrogens with zero attached hydrogens (tertiary/aromatic N) is 3. The molecule has 1 aromatic heterocycles. The first-order valence-corrected chi connectivity index (χ1v) is 9.73. The molecule has 0 saturated carbocycles. The Morgan fingerprint density at radius 3 is 2.56 bits per heavy atom. The van der Waals surface area contributed by atoms with Gasteiger partial charge in [-0.25, -0.2) is 4.68 Å². The molecular formula is C22H19F3N4O3. The molecule has 0 spiro atoms. The van der Waals surface area contributed by atoms with Crippen molar-refractivity contribution in [3.05, 3.63) is 66.5 Å². The topological polar surface area (TPSA) is 76.5 Å². The summed E-state index contributed by atoms with van der Waals surface area (Å²) in [4.78, 5) is 26.9. The number of carbonyl (C=O) groups is 2. The van der Waals surface area contributed by atoms with Gasteiger partial charge in [-0.2, -0.15) is 18.3 Å². The van der Waals surface area contributed by atoms with Gasteiger partial charge in [-0.05, 0) is 48.5 Å². The van der Waals surface area contributed by atoms with Crippen molar-refractivity contribution in [2.45, 2.75) is 12.6 Å². The van der Waals surface area contributed by atoms with E-state index in [1.54, 1.807) is 36.5 Å². The lowest BCUT2D eigenvalue weighted by molar-refractivity contribution is -0.137. The Labute approximate surface area is 181 Å². The molecule has 3 aromatic rings. The molecule has 0 bridgehead atoms. The first-order chi connectivity index (χ1) is 15.3. The molecule has 1 aliphatic rings. The van der Waals surface area contributed by atoms with Crippen LogP contribution in [0.1, 0.15) is 12.0 Å². The van der Waals surface area contributed by atoms with E-state index in [-0.39, 0.29) is 30.2 Å². The molecule has 1 aliphatic heterocycles. The molecule has 0 aliphatic carbocycles. The largest absolute Gasteiger partial charge is 0.497 e. The second-order valence-electron chi connectivity index (χ2n) is 7.27. The number of anilines is 2. The third-order valence-electron chi connectivity index (χ3n) is 5.21. The van der Waals surface area contributed by atoms with Crippen molar-refractivity contribution in [3.63, 3.8) is 0 Å². The monoisotopic (exact) mass is 444 g/mol. The van der Waals surface area contributed by atoms with Crippen molar-refractivity contribution < 1.29 is 27.5 Å². The van der Waals surface area contributed by atoms with E-state index in [9.17, 15) is 22.8 Å². The van der Waals surface area contributed by atoms with Crippen molar-refractivity contribution in [3.8, 4) is 11.4 Å². The van der Waals surface area contributed by atoms with Gasteiger partial charge in [0.2, 0.25) is 11.8 Å². The van der Waals surface area contributed by atoms with Crippen LogP contribution < -0.4 is 15.0 Å². The molecule has 1 N–H and O–H groups in total. The summed E-state index contributed by atoms with van der Waals surface area (Å²) in [6, 6.07) is 11.5. The molecule has 0 radical (unpaired) electrons. The number of rotatable bonds is 5. The van der Waals surface area contributed by atoms with Crippen LogP contribution in [0.2, 0.25) is 0 Å². The van der Waals surface area contributed by atoms with Crippen LogP contribution in [-0.4, -0.2) is 35.2 Å². The molecule has 2 amide bonds. The number of alkyl halides is 3. The fraction of sp³-hybridized carbons (Fsp3) is 0.227. The summed E-state index contributed by atoms with van der Waals surface area (Å²) >= 11 is 0. The zero-order chi connectivity index (χ0) is 22.9. The number of nitrogens with one attached hydrogen (secondary N) is 1. The fourth-order valence-corrected chi connectivity index (χ4v) is 3.55. The van der Waals surface area contributed by atoms with E-state index in [0.717, 1.165) is 12.1 Å². The lowest BCUT2D eigenvalue weighted by Gasteiger charge is -2.18. The summed E-state index contributed by atoms with van der Waals surface area (Å²) in [7, 11) is 1.53. The van der Waals surface area contributed by atoms with E-state index in [1.165, 1.54) is 29.0 Å². The van der Waals surface area contributed by atoms with Gasteiger partial charge in [0.05, 0.1) is 30.0 Å². The van der Waals surface area contributed by atoms with Crippen LogP contribution in [0, 0.1) is 5.92 Å². The predicted octanol–water partition coefficient (Wildman–Crippen LogP) is 3.89. The van der Waals surface area contributed by atoms with Crippen LogP contribution in [-0.2, 0) is 15.8 Å². The highest BCUT2D eigenvalue weighted by Gasteiger charge is 2.36. The highest BCUT2D eigenvalue weighted by Crippen LogP contribution is 2.34. The van der Waals surface area contributed by atoms with Crippen molar-refractivity contribution in [2.24, 2.45) is 5.92 Å². The summed E-state index contributed by atoms with van der Waals surface area (Å²) in [6.07, 6.45) is -1.58.